The summed E-state index contributed by atoms with van der Waals surface area (Å²) in [6, 6.07) is 6.90. The van der Waals surface area contributed by atoms with Gasteiger partial charge in [-0.1, -0.05) is 6.07 Å². The van der Waals surface area contributed by atoms with Crippen LogP contribution in [-0.2, 0) is 30.2 Å². The molecule has 2 heterocycles. The molecular weight excluding hydrogens is 408 g/mol. The number of rotatable bonds is 6. The van der Waals surface area contributed by atoms with E-state index in [0.717, 1.165) is 28.0 Å². The first-order valence-electron chi connectivity index (χ1n) is 10.6. The summed E-state index contributed by atoms with van der Waals surface area (Å²) in [5.74, 6) is 0.276. The molecule has 8 heteroatoms. The summed E-state index contributed by atoms with van der Waals surface area (Å²) >= 11 is 0. The lowest BCUT2D eigenvalue weighted by Gasteiger charge is -2.26. The lowest BCUT2D eigenvalue weighted by Crippen LogP contribution is -2.47. The van der Waals surface area contributed by atoms with Crippen molar-refractivity contribution in [3.63, 3.8) is 0 Å². The zero-order valence-corrected chi connectivity index (χ0v) is 19.8. The van der Waals surface area contributed by atoms with Crippen LogP contribution >= 0.6 is 0 Å². The monoisotopic (exact) mass is 440 g/mol. The van der Waals surface area contributed by atoms with Gasteiger partial charge in [0.1, 0.15) is 17.5 Å². The molecule has 0 aliphatic rings. The predicted molar refractivity (Wildman–Crippen MR) is 124 cm³/mol. The number of aliphatic hydroxyl groups excluding tert-OH is 1. The second kappa shape index (κ2) is 8.88. The highest BCUT2D eigenvalue weighted by Crippen LogP contribution is 2.24. The summed E-state index contributed by atoms with van der Waals surface area (Å²) in [4.78, 5) is 29.2. The number of aromatic nitrogens is 3. The van der Waals surface area contributed by atoms with Crippen molar-refractivity contribution < 1.29 is 14.6 Å². The smallest absolute Gasteiger partial charge is 0.326 e. The molecule has 2 aromatic heterocycles. The van der Waals surface area contributed by atoms with Gasteiger partial charge in [0, 0.05) is 38.0 Å². The van der Waals surface area contributed by atoms with Gasteiger partial charge in [-0.3, -0.25) is 14.9 Å². The van der Waals surface area contributed by atoms with E-state index in [0.29, 0.717) is 12.1 Å². The van der Waals surface area contributed by atoms with Gasteiger partial charge in [0.25, 0.3) is 5.56 Å². The van der Waals surface area contributed by atoms with Crippen molar-refractivity contribution in [2.75, 3.05) is 0 Å². The van der Waals surface area contributed by atoms with Gasteiger partial charge in [0.2, 0.25) is 0 Å². The maximum absolute atomic E-state index is 12.4. The fraction of sp³-hybridized carbons (Fsp3) is 0.458. The lowest BCUT2D eigenvalue weighted by molar-refractivity contribution is -0.160. The first-order chi connectivity index (χ1) is 14.9. The third-order valence-corrected chi connectivity index (χ3v) is 5.24. The van der Waals surface area contributed by atoms with E-state index in [1.165, 1.54) is 0 Å². The Hall–Kier alpha value is -2.97. The van der Waals surface area contributed by atoms with E-state index in [2.05, 4.69) is 5.32 Å². The number of benzene rings is 1. The average Bonchev–Trinajstić information content (AvgIpc) is 3.00. The highest BCUT2D eigenvalue weighted by molar-refractivity contribution is 5.81. The van der Waals surface area contributed by atoms with Gasteiger partial charge in [-0.25, -0.2) is 4.98 Å². The van der Waals surface area contributed by atoms with Crippen LogP contribution in [0.15, 0.2) is 35.3 Å². The number of hydrogen-bond donors (Lipinski definition) is 2. The Morgan fingerprint density at radius 1 is 1.25 bits per heavy atom. The van der Waals surface area contributed by atoms with Gasteiger partial charge in [-0.2, -0.15) is 0 Å². The minimum atomic E-state index is -0.900. The van der Waals surface area contributed by atoms with Gasteiger partial charge in [-0.15, -0.1) is 0 Å². The van der Waals surface area contributed by atoms with Crippen LogP contribution in [0, 0.1) is 6.92 Å². The zero-order chi connectivity index (χ0) is 23.8. The molecule has 2 atom stereocenters. The number of aliphatic hydroxyl groups is 1. The van der Waals surface area contributed by atoms with Crippen LogP contribution in [0.5, 0.6) is 0 Å². The Morgan fingerprint density at radius 2 is 1.94 bits per heavy atom. The highest BCUT2D eigenvalue weighted by Gasteiger charge is 2.28. The lowest BCUT2D eigenvalue weighted by atomic mass is 10.1. The molecule has 8 nitrogen and oxygen atoms in total. The van der Waals surface area contributed by atoms with Crippen molar-refractivity contribution in [1.82, 2.24) is 19.4 Å². The fourth-order valence-corrected chi connectivity index (χ4v) is 3.66. The standard InChI is InChI=1S/C24H32N4O4/c1-14-10-17(13-27(6)22(14)30)21-26-18-11-16(8-9-19(18)28(21)7)12-25-20(15(2)29)23(31)32-24(3,4)5/h8-11,13,15,20,25,29H,12H2,1-7H3. The number of imidazole rings is 1. The zero-order valence-electron chi connectivity index (χ0n) is 19.8. The Labute approximate surface area is 187 Å². The quantitative estimate of drug-likeness (QED) is 0.572. The Morgan fingerprint density at radius 3 is 2.53 bits per heavy atom. The van der Waals surface area contributed by atoms with E-state index >= 15 is 0 Å². The van der Waals surface area contributed by atoms with E-state index in [4.69, 9.17) is 9.72 Å². The van der Waals surface area contributed by atoms with Crippen molar-refractivity contribution in [2.45, 2.75) is 58.9 Å². The van der Waals surface area contributed by atoms with Crippen molar-refractivity contribution in [3.8, 4) is 11.4 Å². The number of nitrogens with zero attached hydrogens (tertiary/aromatic N) is 3. The van der Waals surface area contributed by atoms with Crippen LogP contribution < -0.4 is 10.9 Å². The number of carbonyl (C=O) groups excluding carboxylic acids is 1. The summed E-state index contributed by atoms with van der Waals surface area (Å²) in [7, 11) is 3.67. The van der Waals surface area contributed by atoms with Crippen molar-refractivity contribution >= 4 is 17.0 Å². The molecule has 0 saturated heterocycles. The second-order valence-corrected chi connectivity index (χ2v) is 9.28. The number of esters is 1. The molecule has 2 N–H and O–H groups in total. The number of carbonyl (C=O) groups is 1. The fourth-order valence-electron chi connectivity index (χ4n) is 3.66. The number of ether oxygens (including phenoxy) is 1. The second-order valence-electron chi connectivity index (χ2n) is 9.28. The minimum Gasteiger partial charge on any atom is -0.459 e. The van der Waals surface area contributed by atoms with Gasteiger partial charge >= 0.3 is 5.97 Å². The van der Waals surface area contributed by atoms with Crippen LogP contribution in [0.3, 0.4) is 0 Å². The number of nitrogens with one attached hydrogen (secondary N) is 1. The van der Waals surface area contributed by atoms with E-state index < -0.39 is 23.7 Å². The van der Waals surface area contributed by atoms with Gasteiger partial charge < -0.3 is 19.0 Å². The Bertz CT molecular complexity index is 1170. The maximum atomic E-state index is 12.4. The molecule has 0 aliphatic heterocycles. The van der Waals surface area contributed by atoms with Crippen LogP contribution in [0.2, 0.25) is 0 Å². The molecule has 0 fully saturated rings. The Balaban J connectivity index is 1.86. The number of aryl methyl sites for hydroxylation is 3. The maximum Gasteiger partial charge on any atom is 0.326 e. The summed E-state index contributed by atoms with van der Waals surface area (Å²) in [6.45, 7) is 9.11. The number of hydrogen-bond acceptors (Lipinski definition) is 6. The molecule has 0 spiro atoms. The first-order valence-corrected chi connectivity index (χ1v) is 10.6. The molecule has 0 bridgehead atoms. The van der Waals surface area contributed by atoms with Crippen LogP contribution in [0.25, 0.3) is 22.4 Å². The van der Waals surface area contributed by atoms with E-state index in [1.54, 1.807) is 52.4 Å². The molecule has 3 aromatic rings. The molecular formula is C24H32N4O4. The van der Waals surface area contributed by atoms with Crippen LogP contribution in [0.4, 0.5) is 0 Å². The van der Waals surface area contributed by atoms with Crippen molar-refractivity contribution in [3.05, 3.63) is 51.9 Å². The topological polar surface area (TPSA) is 98.4 Å². The van der Waals surface area contributed by atoms with Crippen LogP contribution in [0.1, 0.15) is 38.8 Å². The summed E-state index contributed by atoms with van der Waals surface area (Å²) in [5, 5.41) is 13.2. The normalized spacial score (nSPS) is 13.9. The molecule has 0 amide bonds. The first kappa shape index (κ1) is 23.7. The molecule has 1 aromatic carbocycles. The highest BCUT2D eigenvalue weighted by atomic mass is 16.6. The Kier molecular flexibility index (Phi) is 6.57. The molecule has 0 saturated carbocycles. The summed E-state index contributed by atoms with van der Waals surface area (Å²) < 4.78 is 8.97. The molecule has 3 rings (SSSR count). The molecule has 0 aliphatic carbocycles. The van der Waals surface area contributed by atoms with Crippen LogP contribution in [-0.4, -0.2) is 42.9 Å². The summed E-state index contributed by atoms with van der Waals surface area (Å²) in [5.41, 5.74) is 3.55. The third-order valence-electron chi connectivity index (χ3n) is 5.24. The molecule has 32 heavy (non-hydrogen) atoms. The molecule has 172 valence electrons. The van der Waals surface area contributed by atoms with E-state index in [1.807, 2.05) is 35.9 Å². The third kappa shape index (κ3) is 5.08. The predicted octanol–water partition coefficient (Wildman–Crippen LogP) is 2.43. The molecule has 2 unspecified atom stereocenters. The molecule has 0 radical (unpaired) electrons. The van der Waals surface area contributed by atoms with Crippen molar-refractivity contribution in [1.29, 1.82) is 0 Å². The SMILES string of the molecule is Cc1cc(-c2nc3cc(CNC(C(=O)OC(C)(C)C)C(C)O)ccc3n2C)cn(C)c1=O. The minimum absolute atomic E-state index is 0.0291. The van der Waals surface area contributed by atoms with Gasteiger partial charge in [-0.05, 0) is 58.4 Å². The summed E-state index contributed by atoms with van der Waals surface area (Å²) in [6.07, 6.45) is 0.885. The average molecular weight is 441 g/mol. The number of pyridine rings is 1. The van der Waals surface area contributed by atoms with E-state index in [-0.39, 0.29) is 5.56 Å². The van der Waals surface area contributed by atoms with E-state index in [9.17, 15) is 14.7 Å². The largest absolute Gasteiger partial charge is 0.459 e. The van der Waals surface area contributed by atoms with Gasteiger partial charge in [0.05, 0.1) is 17.1 Å². The van der Waals surface area contributed by atoms with Gasteiger partial charge in [0.15, 0.2) is 0 Å². The van der Waals surface area contributed by atoms with Crippen molar-refractivity contribution in [2.24, 2.45) is 14.1 Å². The number of fused-ring (bicyclic) bond motifs is 1.